The highest BCUT2D eigenvalue weighted by atomic mass is 16.2. The zero-order valence-electron chi connectivity index (χ0n) is 6.68. The lowest BCUT2D eigenvalue weighted by molar-refractivity contribution is -0.123. The molecule has 0 aromatic heterocycles. The fourth-order valence-corrected chi connectivity index (χ4v) is 1.35. The van der Waals surface area contributed by atoms with Gasteiger partial charge in [0.25, 0.3) is 0 Å². The molecule has 3 nitrogen and oxygen atoms in total. The first-order chi connectivity index (χ1) is 5.21. The molecule has 1 rings (SSSR count). The molecular weight excluding hydrogens is 142 g/mol. The van der Waals surface area contributed by atoms with Crippen LogP contribution in [0.25, 0.3) is 0 Å². The van der Waals surface area contributed by atoms with Gasteiger partial charge in [-0.3, -0.25) is 4.79 Å². The van der Waals surface area contributed by atoms with Gasteiger partial charge < -0.3 is 10.8 Å². The monoisotopic (exact) mass is 157 g/mol. The summed E-state index contributed by atoms with van der Waals surface area (Å²) < 4.78 is 0. The van der Waals surface area contributed by atoms with Crippen molar-refractivity contribution >= 4 is 5.91 Å². The Hall–Kier alpha value is -0.570. The van der Waals surface area contributed by atoms with E-state index in [1.165, 1.54) is 0 Å². The van der Waals surface area contributed by atoms with Crippen molar-refractivity contribution in [2.45, 2.75) is 32.1 Å². The van der Waals surface area contributed by atoms with Gasteiger partial charge in [0.1, 0.15) is 0 Å². The number of nitrogens with two attached hydrogens (primary N) is 1. The molecule has 0 aliphatic heterocycles. The van der Waals surface area contributed by atoms with E-state index in [2.05, 4.69) is 0 Å². The summed E-state index contributed by atoms with van der Waals surface area (Å²) in [5.41, 5.74) is 5.04. The lowest BCUT2D eigenvalue weighted by atomic mass is 9.99. The molecule has 1 amide bonds. The minimum atomic E-state index is -0.171. The maximum atomic E-state index is 10.8. The first-order valence-electron chi connectivity index (χ1n) is 4.12. The van der Waals surface area contributed by atoms with Crippen molar-refractivity contribution in [2.75, 3.05) is 6.61 Å². The van der Waals surface area contributed by atoms with Gasteiger partial charge in [0.15, 0.2) is 0 Å². The maximum absolute atomic E-state index is 10.8. The van der Waals surface area contributed by atoms with Crippen LogP contribution in [-0.2, 0) is 4.79 Å². The van der Waals surface area contributed by atoms with E-state index in [0.29, 0.717) is 0 Å². The van der Waals surface area contributed by atoms with Crippen LogP contribution in [0.5, 0.6) is 0 Å². The second-order valence-electron chi connectivity index (χ2n) is 3.33. The van der Waals surface area contributed by atoms with Crippen LogP contribution in [-0.4, -0.2) is 17.6 Å². The van der Waals surface area contributed by atoms with Crippen molar-refractivity contribution in [1.29, 1.82) is 0 Å². The van der Waals surface area contributed by atoms with Crippen LogP contribution in [0, 0.1) is 5.41 Å². The summed E-state index contributed by atoms with van der Waals surface area (Å²) in [4.78, 5) is 10.8. The van der Waals surface area contributed by atoms with Gasteiger partial charge in [-0.2, -0.15) is 0 Å². The fraction of sp³-hybridized carbons (Fsp3) is 0.875. The van der Waals surface area contributed by atoms with E-state index in [0.717, 1.165) is 32.1 Å². The van der Waals surface area contributed by atoms with Crippen molar-refractivity contribution in [2.24, 2.45) is 11.1 Å². The molecule has 0 atom stereocenters. The van der Waals surface area contributed by atoms with Crippen molar-refractivity contribution in [1.82, 2.24) is 0 Å². The largest absolute Gasteiger partial charge is 0.396 e. The van der Waals surface area contributed by atoms with Crippen molar-refractivity contribution in [3.63, 3.8) is 0 Å². The summed E-state index contributed by atoms with van der Waals surface area (Å²) in [7, 11) is 0. The summed E-state index contributed by atoms with van der Waals surface area (Å²) in [5, 5.41) is 8.51. The highest BCUT2D eigenvalue weighted by Crippen LogP contribution is 2.49. The summed E-state index contributed by atoms with van der Waals surface area (Å²) in [6.45, 7) is 0.217. The van der Waals surface area contributed by atoms with E-state index in [1.807, 2.05) is 0 Å². The molecule has 0 aromatic rings. The van der Waals surface area contributed by atoms with Crippen molar-refractivity contribution in [3.05, 3.63) is 0 Å². The Balaban J connectivity index is 2.20. The third kappa shape index (κ3) is 1.93. The molecule has 3 N–H and O–H groups in total. The smallest absolute Gasteiger partial charge is 0.223 e. The van der Waals surface area contributed by atoms with Gasteiger partial charge in [-0.05, 0) is 25.7 Å². The fourth-order valence-electron chi connectivity index (χ4n) is 1.35. The number of unbranched alkanes of at least 4 members (excludes halogenated alkanes) is 1. The quantitative estimate of drug-likeness (QED) is 0.568. The predicted molar refractivity (Wildman–Crippen MR) is 41.8 cm³/mol. The molecule has 0 radical (unpaired) electrons. The topological polar surface area (TPSA) is 63.3 Å². The van der Waals surface area contributed by atoms with Gasteiger partial charge in [-0.25, -0.2) is 0 Å². The Labute approximate surface area is 66.6 Å². The van der Waals surface area contributed by atoms with Crippen LogP contribution in [0.2, 0.25) is 0 Å². The highest BCUT2D eigenvalue weighted by Gasteiger charge is 2.47. The van der Waals surface area contributed by atoms with Gasteiger partial charge in [0.2, 0.25) is 5.91 Å². The highest BCUT2D eigenvalue weighted by molar-refractivity contribution is 5.83. The normalized spacial score (nSPS) is 19.7. The number of amides is 1. The van der Waals surface area contributed by atoms with Crippen LogP contribution >= 0.6 is 0 Å². The minimum Gasteiger partial charge on any atom is -0.396 e. The number of aliphatic hydroxyl groups excluding tert-OH is 1. The second-order valence-corrected chi connectivity index (χ2v) is 3.33. The average molecular weight is 157 g/mol. The van der Waals surface area contributed by atoms with Gasteiger partial charge >= 0.3 is 0 Å². The number of rotatable bonds is 5. The Morgan fingerprint density at radius 2 is 2.09 bits per heavy atom. The molecule has 0 heterocycles. The van der Waals surface area contributed by atoms with Gasteiger partial charge in [0, 0.05) is 12.0 Å². The van der Waals surface area contributed by atoms with E-state index in [1.54, 1.807) is 0 Å². The third-order valence-corrected chi connectivity index (χ3v) is 2.44. The summed E-state index contributed by atoms with van der Waals surface area (Å²) >= 11 is 0. The Bertz CT molecular complexity index is 152. The molecular formula is C8H15NO2. The standard InChI is InChI=1S/C8H15NO2/c9-7(11)8(4-5-8)3-1-2-6-10/h10H,1-6H2,(H2,9,11). The van der Waals surface area contributed by atoms with Crippen molar-refractivity contribution in [3.8, 4) is 0 Å². The summed E-state index contributed by atoms with van der Waals surface area (Å²) in [6.07, 6.45) is 4.47. The SMILES string of the molecule is NC(=O)C1(CCCCO)CC1. The molecule has 0 aromatic carbocycles. The molecule has 64 valence electrons. The van der Waals surface area contributed by atoms with Gasteiger partial charge in [-0.1, -0.05) is 6.42 Å². The molecule has 1 aliphatic rings. The Morgan fingerprint density at radius 1 is 1.45 bits per heavy atom. The van der Waals surface area contributed by atoms with E-state index in [4.69, 9.17) is 10.8 Å². The second kappa shape index (κ2) is 3.22. The summed E-state index contributed by atoms with van der Waals surface area (Å²) in [5.74, 6) is -0.157. The number of hydrogen-bond donors (Lipinski definition) is 2. The minimum absolute atomic E-state index is 0.157. The van der Waals surface area contributed by atoms with Crippen LogP contribution in [0.15, 0.2) is 0 Å². The maximum Gasteiger partial charge on any atom is 0.223 e. The van der Waals surface area contributed by atoms with Crippen LogP contribution in [0.1, 0.15) is 32.1 Å². The van der Waals surface area contributed by atoms with Crippen LogP contribution < -0.4 is 5.73 Å². The Morgan fingerprint density at radius 3 is 2.45 bits per heavy atom. The number of primary amides is 1. The lowest BCUT2D eigenvalue weighted by Gasteiger charge is -2.08. The van der Waals surface area contributed by atoms with Gasteiger partial charge in [0.05, 0.1) is 0 Å². The molecule has 0 bridgehead atoms. The molecule has 0 unspecified atom stereocenters. The van der Waals surface area contributed by atoms with Crippen LogP contribution in [0.4, 0.5) is 0 Å². The number of carbonyl (C=O) groups excluding carboxylic acids is 1. The number of aliphatic hydroxyl groups is 1. The molecule has 11 heavy (non-hydrogen) atoms. The summed E-state index contributed by atoms with van der Waals surface area (Å²) in [6, 6.07) is 0. The first kappa shape index (κ1) is 8.53. The van der Waals surface area contributed by atoms with Crippen molar-refractivity contribution < 1.29 is 9.90 Å². The number of carbonyl (C=O) groups is 1. The molecule has 0 saturated heterocycles. The average Bonchev–Trinajstić information content (AvgIpc) is 2.70. The lowest BCUT2D eigenvalue weighted by Crippen LogP contribution is -2.24. The Kier molecular flexibility index (Phi) is 2.49. The molecule has 1 fully saturated rings. The van der Waals surface area contributed by atoms with E-state index < -0.39 is 0 Å². The molecule has 3 heteroatoms. The zero-order valence-corrected chi connectivity index (χ0v) is 6.68. The molecule has 1 saturated carbocycles. The van der Waals surface area contributed by atoms with Gasteiger partial charge in [-0.15, -0.1) is 0 Å². The first-order valence-corrected chi connectivity index (χ1v) is 4.12. The molecule has 1 aliphatic carbocycles. The number of hydrogen-bond acceptors (Lipinski definition) is 2. The van der Waals surface area contributed by atoms with E-state index >= 15 is 0 Å². The van der Waals surface area contributed by atoms with E-state index in [9.17, 15) is 4.79 Å². The van der Waals surface area contributed by atoms with Crippen LogP contribution in [0.3, 0.4) is 0 Å². The molecule has 0 spiro atoms. The predicted octanol–water partition coefficient (Wildman–Crippen LogP) is 0.414. The third-order valence-electron chi connectivity index (χ3n) is 2.44. The van der Waals surface area contributed by atoms with E-state index in [-0.39, 0.29) is 17.9 Å². The zero-order chi connectivity index (χ0) is 8.32.